The molecule has 0 heterocycles. The Labute approximate surface area is 65.0 Å². The molecule has 3 N–H and O–H groups in total. The summed E-state index contributed by atoms with van der Waals surface area (Å²) in [5.74, 6) is -1.02. The normalized spacial score (nSPS) is 12.9. The van der Waals surface area contributed by atoms with Crippen LogP contribution in [0.4, 0.5) is 0 Å². The molecule has 0 aliphatic heterocycles. The van der Waals surface area contributed by atoms with Crippen molar-refractivity contribution in [3.63, 3.8) is 0 Å². The van der Waals surface area contributed by atoms with Crippen molar-refractivity contribution in [2.45, 2.75) is 6.10 Å². The number of aliphatic hydroxyl groups excluding tert-OH is 1. The minimum Gasteiger partial charge on any atom is -0.479 e. The lowest BCUT2D eigenvalue weighted by atomic mass is 10.3. The lowest BCUT2D eigenvalue weighted by Gasteiger charge is -2.11. The van der Waals surface area contributed by atoms with Gasteiger partial charge in [0.1, 0.15) is 0 Å². The smallest absolute Gasteiger partial charge is 0.334 e. The minimum absolute atomic E-state index is 0.0542. The first-order valence-corrected chi connectivity index (χ1v) is 3.32. The SMILES string of the molecule is CNC[C@@H](OCCO)C(=O)O. The van der Waals surface area contributed by atoms with Crippen LogP contribution in [-0.2, 0) is 9.53 Å². The summed E-state index contributed by atoms with van der Waals surface area (Å²) in [5, 5.41) is 19.5. The average Bonchev–Trinajstić information content (AvgIpc) is 1.97. The monoisotopic (exact) mass is 163 g/mol. The third-order valence-corrected chi connectivity index (χ3v) is 1.08. The second-order valence-electron chi connectivity index (χ2n) is 1.98. The third-order valence-electron chi connectivity index (χ3n) is 1.08. The fourth-order valence-corrected chi connectivity index (χ4v) is 0.598. The number of aliphatic carboxylic acids is 1. The number of nitrogens with one attached hydrogen (secondary N) is 1. The summed E-state index contributed by atoms with van der Waals surface area (Å²) >= 11 is 0. The van der Waals surface area contributed by atoms with Gasteiger partial charge in [0, 0.05) is 6.54 Å². The average molecular weight is 163 g/mol. The van der Waals surface area contributed by atoms with Crippen molar-refractivity contribution in [2.24, 2.45) is 0 Å². The van der Waals surface area contributed by atoms with Crippen molar-refractivity contribution in [2.75, 3.05) is 26.8 Å². The first kappa shape index (κ1) is 10.3. The minimum atomic E-state index is -1.02. The lowest BCUT2D eigenvalue weighted by molar-refractivity contribution is -0.150. The van der Waals surface area contributed by atoms with Gasteiger partial charge in [-0.2, -0.15) is 0 Å². The maximum atomic E-state index is 10.3. The Hall–Kier alpha value is -0.650. The number of hydrogen-bond acceptors (Lipinski definition) is 4. The summed E-state index contributed by atoms with van der Waals surface area (Å²) in [4.78, 5) is 10.3. The molecule has 66 valence electrons. The van der Waals surface area contributed by atoms with Gasteiger partial charge in [0.15, 0.2) is 6.10 Å². The predicted octanol–water partition coefficient (Wildman–Crippen LogP) is -1.33. The van der Waals surface area contributed by atoms with Gasteiger partial charge in [0.2, 0.25) is 0 Å². The molecule has 1 atom stereocenters. The number of rotatable bonds is 6. The van der Waals surface area contributed by atoms with Gasteiger partial charge in [-0.15, -0.1) is 0 Å². The molecule has 0 fully saturated rings. The summed E-state index contributed by atoms with van der Waals surface area (Å²) < 4.78 is 4.78. The van der Waals surface area contributed by atoms with Crippen molar-refractivity contribution in [1.29, 1.82) is 0 Å². The molecule has 0 aliphatic rings. The van der Waals surface area contributed by atoms with Gasteiger partial charge in [0.25, 0.3) is 0 Å². The van der Waals surface area contributed by atoms with Crippen LogP contribution in [-0.4, -0.2) is 49.1 Å². The van der Waals surface area contributed by atoms with Crippen LogP contribution in [0.25, 0.3) is 0 Å². The quantitative estimate of drug-likeness (QED) is 0.452. The Morgan fingerprint density at radius 1 is 1.73 bits per heavy atom. The lowest BCUT2D eigenvalue weighted by Crippen LogP contribution is -2.34. The maximum Gasteiger partial charge on any atom is 0.334 e. The highest BCUT2D eigenvalue weighted by Gasteiger charge is 2.15. The van der Waals surface area contributed by atoms with Crippen LogP contribution in [0.15, 0.2) is 0 Å². The number of aliphatic hydroxyl groups is 1. The Morgan fingerprint density at radius 2 is 2.36 bits per heavy atom. The van der Waals surface area contributed by atoms with E-state index in [1.807, 2.05) is 0 Å². The highest BCUT2D eigenvalue weighted by Crippen LogP contribution is 1.89. The molecule has 0 spiro atoms. The van der Waals surface area contributed by atoms with Crippen molar-refractivity contribution >= 4 is 5.97 Å². The van der Waals surface area contributed by atoms with E-state index in [1.165, 1.54) is 0 Å². The van der Waals surface area contributed by atoms with E-state index in [-0.39, 0.29) is 19.8 Å². The van der Waals surface area contributed by atoms with Gasteiger partial charge in [-0.1, -0.05) is 0 Å². The van der Waals surface area contributed by atoms with Crippen LogP contribution < -0.4 is 5.32 Å². The van der Waals surface area contributed by atoms with Crippen molar-refractivity contribution < 1.29 is 19.7 Å². The van der Waals surface area contributed by atoms with Crippen LogP contribution in [0.3, 0.4) is 0 Å². The zero-order valence-electron chi connectivity index (χ0n) is 6.41. The van der Waals surface area contributed by atoms with Crippen molar-refractivity contribution in [3.8, 4) is 0 Å². The van der Waals surface area contributed by atoms with Crippen LogP contribution in [0, 0.1) is 0 Å². The summed E-state index contributed by atoms with van der Waals surface area (Å²) in [6, 6.07) is 0. The van der Waals surface area contributed by atoms with Gasteiger partial charge in [-0.05, 0) is 7.05 Å². The number of carboxylic acid groups (broad SMARTS) is 1. The highest BCUT2D eigenvalue weighted by atomic mass is 16.5. The van der Waals surface area contributed by atoms with E-state index in [1.54, 1.807) is 7.05 Å². The van der Waals surface area contributed by atoms with E-state index >= 15 is 0 Å². The van der Waals surface area contributed by atoms with E-state index in [0.717, 1.165) is 0 Å². The van der Waals surface area contributed by atoms with E-state index in [9.17, 15) is 4.79 Å². The molecule has 0 rings (SSSR count). The Kier molecular flexibility index (Phi) is 5.73. The van der Waals surface area contributed by atoms with Gasteiger partial charge in [-0.3, -0.25) is 0 Å². The first-order valence-electron chi connectivity index (χ1n) is 3.32. The molecule has 0 aliphatic carbocycles. The number of carboxylic acids is 1. The summed E-state index contributed by atoms with van der Waals surface area (Å²) in [6.45, 7) is 0.140. The van der Waals surface area contributed by atoms with Gasteiger partial charge in [0.05, 0.1) is 13.2 Å². The largest absolute Gasteiger partial charge is 0.479 e. The molecule has 0 unspecified atom stereocenters. The number of hydrogen-bond donors (Lipinski definition) is 3. The molecule has 0 saturated heterocycles. The molecule has 0 aromatic heterocycles. The van der Waals surface area contributed by atoms with E-state index in [2.05, 4.69) is 5.32 Å². The fraction of sp³-hybridized carbons (Fsp3) is 0.833. The number of likely N-dealkylation sites (N-methyl/N-ethyl adjacent to an activating group) is 1. The Bertz CT molecular complexity index is 117. The molecule has 11 heavy (non-hydrogen) atoms. The van der Waals surface area contributed by atoms with Crippen LogP contribution in [0.1, 0.15) is 0 Å². The van der Waals surface area contributed by atoms with E-state index < -0.39 is 12.1 Å². The molecule has 0 saturated carbocycles. The second-order valence-corrected chi connectivity index (χ2v) is 1.98. The molecule has 0 aromatic rings. The zero-order valence-corrected chi connectivity index (χ0v) is 6.41. The van der Waals surface area contributed by atoms with E-state index in [4.69, 9.17) is 14.9 Å². The standard InChI is InChI=1S/C6H13NO4/c1-7-4-5(6(9)10)11-3-2-8/h5,7-8H,2-4H2,1H3,(H,9,10)/t5-/m1/s1. The molecular weight excluding hydrogens is 150 g/mol. The third kappa shape index (κ3) is 4.72. The molecule has 5 nitrogen and oxygen atoms in total. The Balaban J connectivity index is 3.60. The van der Waals surface area contributed by atoms with Crippen LogP contribution in [0.5, 0.6) is 0 Å². The molecule has 5 heteroatoms. The van der Waals surface area contributed by atoms with Crippen LogP contribution in [0.2, 0.25) is 0 Å². The molecule has 0 radical (unpaired) electrons. The topological polar surface area (TPSA) is 78.8 Å². The maximum absolute atomic E-state index is 10.3. The second kappa shape index (κ2) is 6.09. The number of ether oxygens (including phenoxy) is 1. The van der Waals surface area contributed by atoms with E-state index in [0.29, 0.717) is 0 Å². The fourth-order valence-electron chi connectivity index (χ4n) is 0.598. The Morgan fingerprint density at radius 3 is 2.73 bits per heavy atom. The molecule has 0 bridgehead atoms. The first-order chi connectivity index (χ1) is 5.22. The van der Waals surface area contributed by atoms with Crippen molar-refractivity contribution in [3.05, 3.63) is 0 Å². The summed E-state index contributed by atoms with van der Waals surface area (Å²) in [7, 11) is 1.64. The summed E-state index contributed by atoms with van der Waals surface area (Å²) in [6.07, 6.45) is -0.868. The zero-order chi connectivity index (χ0) is 8.69. The van der Waals surface area contributed by atoms with Crippen molar-refractivity contribution in [1.82, 2.24) is 5.32 Å². The molecular formula is C6H13NO4. The molecule has 0 aromatic carbocycles. The highest BCUT2D eigenvalue weighted by molar-refractivity contribution is 5.72. The molecule has 0 amide bonds. The van der Waals surface area contributed by atoms with Gasteiger partial charge in [-0.25, -0.2) is 4.79 Å². The van der Waals surface area contributed by atoms with Crippen LogP contribution >= 0.6 is 0 Å². The predicted molar refractivity (Wildman–Crippen MR) is 38.4 cm³/mol. The van der Waals surface area contributed by atoms with Gasteiger partial charge >= 0.3 is 5.97 Å². The van der Waals surface area contributed by atoms with Gasteiger partial charge < -0.3 is 20.3 Å². The summed E-state index contributed by atoms with van der Waals surface area (Å²) in [5.41, 5.74) is 0. The number of carbonyl (C=O) groups is 1.